The molecule has 0 saturated carbocycles. The molecule has 0 bridgehead atoms. The molecule has 0 unspecified atom stereocenters. The van der Waals surface area contributed by atoms with Gasteiger partial charge in [-0.3, -0.25) is 4.98 Å². The predicted octanol–water partition coefficient (Wildman–Crippen LogP) is 2.32. The fraction of sp³-hybridized carbons (Fsp3) is 0.231. The molecular weight excluding hydrogens is 226 g/mol. The molecule has 1 N–H and O–H groups in total. The van der Waals surface area contributed by atoms with Gasteiger partial charge in [0.15, 0.2) is 0 Å². The largest absolute Gasteiger partial charge is 0.255 e. The maximum Gasteiger partial charge on any atom is 0.243 e. The molecule has 0 aromatic carbocycles. The van der Waals surface area contributed by atoms with Gasteiger partial charge < -0.3 is 0 Å². The Balaban J connectivity index is 2.15. The minimum Gasteiger partial charge on any atom is -0.255 e. The number of aryl methyl sites for hydroxylation is 2. The molecule has 2 aromatic rings. The number of hydrogen-bond acceptors (Lipinski definition) is 5. The van der Waals surface area contributed by atoms with Crippen LogP contribution in [0.1, 0.15) is 24.0 Å². The first-order chi connectivity index (χ1) is 8.65. The van der Waals surface area contributed by atoms with Crippen LogP contribution in [0.4, 0.5) is 5.95 Å². The predicted molar refractivity (Wildman–Crippen MR) is 71.6 cm³/mol. The molecule has 18 heavy (non-hydrogen) atoms. The van der Waals surface area contributed by atoms with Crippen LogP contribution in [-0.4, -0.2) is 20.7 Å². The highest BCUT2D eigenvalue weighted by Crippen LogP contribution is 2.04. The molecule has 92 valence electrons. The summed E-state index contributed by atoms with van der Waals surface area (Å²) in [5.74, 6) is 0.503. The van der Waals surface area contributed by atoms with E-state index < -0.39 is 0 Å². The Morgan fingerprint density at radius 2 is 1.89 bits per heavy atom. The lowest BCUT2D eigenvalue weighted by molar-refractivity contribution is 1.03. The van der Waals surface area contributed by atoms with E-state index in [-0.39, 0.29) is 0 Å². The van der Waals surface area contributed by atoms with E-state index in [0.717, 1.165) is 22.8 Å². The van der Waals surface area contributed by atoms with Gasteiger partial charge in [-0.15, -0.1) is 0 Å². The van der Waals surface area contributed by atoms with Gasteiger partial charge in [0.25, 0.3) is 0 Å². The van der Waals surface area contributed by atoms with Gasteiger partial charge in [-0.1, -0.05) is 6.07 Å². The first-order valence-corrected chi connectivity index (χ1v) is 5.69. The van der Waals surface area contributed by atoms with Crippen LogP contribution in [0, 0.1) is 13.8 Å². The van der Waals surface area contributed by atoms with Crippen molar-refractivity contribution in [2.75, 3.05) is 5.43 Å². The maximum atomic E-state index is 4.25. The number of hydrazone groups is 1. The SMILES string of the molecule is C/C(=N\Nc1nc(C)cc(C)n1)c1ccccn1. The van der Waals surface area contributed by atoms with E-state index in [4.69, 9.17) is 0 Å². The third-order valence-corrected chi connectivity index (χ3v) is 2.34. The van der Waals surface area contributed by atoms with Crippen molar-refractivity contribution in [1.82, 2.24) is 15.0 Å². The van der Waals surface area contributed by atoms with Crippen LogP contribution in [0.15, 0.2) is 35.6 Å². The number of pyridine rings is 1. The third-order valence-electron chi connectivity index (χ3n) is 2.34. The van der Waals surface area contributed by atoms with Crippen molar-refractivity contribution in [3.05, 3.63) is 47.5 Å². The molecule has 0 radical (unpaired) electrons. The normalized spacial score (nSPS) is 11.4. The van der Waals surface area contributed by atoms with Crippen molar-refractivity contribution < 1.29 is 0 Å². The van der Waals surface area contributed by atoms with E-state index in [0.29, 0.717) is 5.95 Å². The summed E-state index contributed by atoms with van der Waals surface area (Å²) in [4.78, 5) is 12.7. The van der Waals surface area contributed by atoms with Crippen LogP contribution in [0.5, 0.6) is 0 Å². The average molecular weight is 241 g/mol. The lowest BCUT2D eigenvalue weighted by atomic mass is 10.3. The molecule has 5 heteroatoms. The average Bonchev–Trinajstić information content (AvgIpc) is 2.36. The zero-order chi connectivity index (χ0) is 13.0. The number of nitrogens with one attached hydrogen (secondary N) is 1. The van der Waals surface area contributed by atoms with Crippen LogP contribution in [0.25, 0.3) is 0 Å². The zero-order valence-electron chi connectivity index (χ0n) is 10.7. The molecule has 2 heterocycles. The lowest BCUT2D eigenvalue weighted by Gasteiger charge is -2.03. The van der Waals surface area contributed by atoms with E-state index in [1.807, 2.05) is 45.0 Å². The Morgan fingerprint density at radius 1 is 1.17 bits per heavy atom. The molecule has 0 aliphatic heterocycles. The van der Waals surface area contributed by atoms with Gasteiger partial charge in [0, 0.05) is 17.6 Å². The monoisotopic (exact) mass is 241 g/mol. The minimum atomic E-state index is 0.503. The van der Waals surface area contributed by atoms with E-state index in [9.17, 15) is 0 Å². The van der Waals surface area contributed by atoms with Crippen LogP contribution in [0.3, 0.4) is 0 Å². The van der Waals surface area contributed by atoms with Crippen molar-refractivity contribution in [1.29, 1.82) is 0 Å². The van der Waals surface area contributed by atoms with Crippen LogP contribution < -0.4 is 5.43 Å². The van der Waals surface area contributed by atoms with E-state index >= 15 is 0 Å². The van der Waals surface area contributed by atoms with Crippen LogP contribution >= 0.6 is 0 Å². The van der Waals surface area contributed by atoms with Gasteiger partial charge in [0.05, 0.1) is 11.4 Å². The molecular formula is C13H15N5. The Bertz CT molecular complexity index is 543. The molecule has 0 spiro atoms. The first kappa shape index (κ1) is 12.2. The van der Waals surface area contributed by atoms with Crippen molar-refractivity contribution in [2.45, 2.75) is 20.8 Å². The third kappa shape index (κ3) is 3.10. The van der Waals surface area contributed by atoms with E-state index in [1.54, 1.807) is 6.20 Å². The number of nitrogens with zero attached hydrogens (tertiary/aromatic N) is 4. The molecule has 0 amide bonds. The number of anilines is 1. The summed E-state index contributed by atoms with van der Waals surface area (Å²) in [6.07, 6.45) is 1.74. The van der Waals surface area contributed by atoms with Gasteiger partial charge in [-0.25, -0.2) is 15.4 Å². The lowest BCUT2D eigenvalue weighted by Crippen LogP contribution is -2.04. The summed E-state index contributed by atoms with van der Waals surface area (Å²) < 4.78 is 0. The fourth-order valence-electron chi connectivity index (χ4n) is 1.54. The molecule has 0 aliphatic rings. The summed E-state index contributed by atoms with van der Waals surface area (Å²) >= 11 is 0. The summed E-state index contributed by atoms with van der Waals surface area (Å²) in [5.41, 5.74) is 6.29. The van der Waals surface area contributed by atoms with Crippen molar-refractivity contribution in [2.24, 2.45) is 5.10 Å². The summed E-state index contributed by atoms with van der Waals surface area (Å²) in [6.45, 7) is 5.74. The van der Waals surface area contributed by atoms with Crippen LogP contribution in [-0.2, 0) is 0 Å². The van der Waals surface area contributed by atoms with Gasteiger partial charge >= 0.3 is 0 Å². The summed E-state index contributed by atoms with van der Waals surface area (Å²) in [7, 11) is 0. The first-order valence-electron chi connectivity index (χ1n) is 5.69. The Morgan fingerprint density at radius 3 is 2.50 bits per heavy atom. The second-order valence-corrected chi connectivity index (χ2v) is 4.00. The Labute approximate surface area is 106 Å². The van der Waals surface area contributed by atoms with E-state index in [1.165, 1.54) is 0 Å². The molecule has 0 aliphatic carbocycles. The second-order valence-electron chi connectivity index (χ2n) is 4.00. The second kappa shape index (κ2) is 5.35. The zero-order valence-corrected chi connectivity index (χ0v) is 10.7. The van der Waals surface area contributed by atoms with Crippen molar-refractivity contribution in [3.8, 4) is 0 Å². The molecule has 5 nitrogen and oxygen atoms in total. The summed E-state index contributed by atoms with van der Waals surface area (Å²) in [6, 6.07) is 7.62. The van der Waals surface area contributed by atoms with Gasteiger partial charge in [0.1, 0.15) is 0 Å². The van der Waals surface area contributed by atoms with Crippen molar-refractivity contribution in [3.63, 3.8) is 0 Å². The fourth-order valence-corrected chi connectivity index (χ4v) is 1.54. The van der Waals surface area contributed by atoms with Gasteiger partial charge in [-0.2, -0.15) is 5.10 Å². The van der Waals surface area contributed by atoms with Gasteiger partial charge in [0.2, 0.25) is 5.95 Å². The highest BCUT2D eigenvalue weighted by Gasteiger charge is 2.00. The molecule has 0 atom stereocenters. The van der Waals surface area contributed by atoms with Gasteiger partial charge in [-0.05, 0) is 39.0 Å². The highest BCUT2D eigenvalue weighted by molar-refractivity contribution is 5.97. The van der Waals surface area contributed by atoms with Crippen LogP contribution in [0.2, 0.25) is 0 Å². The molecule has 0 saturated heterocycles. The standard InChI is InChI=1S/C13H15N5/c1-9-8-10(2)16-13(15-9)18-17-11(3)12-6-4-5-7-14-12/h4-8H,1-3H3,(H,15,16,18)/b17-11+. The smallest absolute Gasteiger partial charge is 0.243 e. The minimum absolute atomic E-state index is 0.503. The molecule has 2 rings (SSSR count). The Kier molecular flexibility index (Phi) is 3.62. The Hall–Kier alpha value is -2.30. The number of aromatic nitrogens is 3. The summed E-state index contributed by atoms with van der Waals surface area (Å²) in [5, 5.41) is 4.23. The number of hydrogen-bond donors (Lipinski definition) is 1. The van der Waals surface area contributed by atoms with E-state index in [2.05, 4.69) is 25.5 Å². The highest BCUT2D eigenvalue weighted by atomic mass is 15.4. The molecule has 0 fully saturated rings. The maximum absolute atomic E-state index is 4.25. The number of rotatable bonds is 3. The molecule has 2 aromatic heterocycles. The van der Waals surface area contributed by atoms with Crippen molar-refractivity contribution >= 4 is 11.7 Å². The topological polar surface area (TPSA) is 63.1 Å². The quantitative estimate of drug-likeness (QED) is 0.661.